The molecule has 0 saturated heterocycles. The molecule has 0 spiro atoms. The maximum Gasteiger partial charge on any atom is 0.101 e. The van der Waals surface area contributed by atoms with Gasteiger partial charge in [0.25, 0.3) is 0 Å². The van der Waals surface area contributed by atoms with Crippen LogP contribution < -0.4 is 5.32 Å². The van der Waals surface area contributed by atoms with Gasteiger partial charge < -0.3 is 10.3 Å². The van der Waals surface area contributed by atoms with Gasteiger partial charge in [-0.2, -0.15) is 10.5 Å². The molecule has 0 aliphatic heterocycles. The van der Waals surface area contributed by atoms with Crippen molar-refractivity contribution in [3.63, 3.8) is 0 Å². The Morgan fingerprint density at radius 2 is 1.68 bits per heavy atom. The van der Waals surface area contributed by atoms with Crippen molar-refractivity contribution in [1.82, 2.24) is 4.98 Å². The van der Waals surface area contributed by atoms with E-state index in [1.807, 2.05) is 24.4 Å². The first-order valence-corrected chi connectivity index (χ1v) is 7.05. The van der Waals surface area contributed by atoms with Gasteiger partial charge in [0.2, 0.25) is 0 Å². The molecule has 1 aromatic heterocycles. The van der Waals surface area contributed by atoms with E-state index in [-0.39, 0.29) is 0 Å². The number of aromatic amines is 1. The van der Waals surface area contributed by atoms with Crippen molar-refractivity contribution in [2.24, 2.45) is 0 Å². The van der Waals surface area contributed by atoms with Gasteiger partial charge >= 0.3 is 0 Å². The Balaban J connectivity index is 1.77. The summed E-state index contributed by atoms with van der Waals surface area (Å²) in [5.41, 5.74) is 3.95. The number of rotatable bonds is 4. The molecule has 0 saturated carbocycles. The number of para-hydroxylation sites is 2. The largest absolute Gasteiger partial charge is 0.383 e. The minimum atomic E-state index is 0.498. The van der Waals surface area contributed by atoms with Crippen LogP contribution in [0.25, 0.3) is 10.9 Å². The average molecular weight is 286 g/mol. The van der Waals surface area contributed by atoms with Crippen LogP contribution in [0.4, 0.5) is 5.69 Å². The second-order valence-electron chi connectivity index (χ2n) is 4.99. The number of hydrogen-bond acceptors (Lipinski definition) is 3. The fraction of sp³-hybridized carbons (Fsp3) is 0.111. The third-order valence-corrected chi connectivity index (χ3v) is 3.68. The van der Waals surface area contributed by atoms with Crippen molar-refractivity contribution in [1.29, 1.82) is 10.5 Å². The van der Waals surface area contributed by atoms with Crippen LogP contribution in [-0.4, -0.2) is 11.5 Å². The van der Waals surface area contributed by atoms with Gasteiger partial charge in [0.1, 0.15) is 12.1 Å². The summed E-state index contributed by atoms with van der Waals surface area (Å²) in [5, 5.41) is 22.8. The quantitative estimate of drug-likeness (QED) is 0.770. The van der Waals surface area contributed by atoms with E-state index in [4.69, 9.17) is 10.5 Å². The van der Waals surface area contributed by atoms with E-state index < -0.39 is 0 Å². The maximum atomic E-state index is 9.16. The molecule has 0 atom stereocenters. The summed E-state index contributed by atoms with van der Waals surface area (Å²) in [5.74, 6) is 0. The maximum absolute atomic E-state index is 9.16. The van der Waals surface area contributed by atoms with Crippen molar-refractivity contribution in [2.75, 3.05) is 11.9 Å². The number of hydrogen-bond donors (Lipinski definition) is 2. The number of nitriles is 2. The molecule has 2 aromatic carbocycles. The van der Waals surface area contributed by atoms with E-state index >= 15 is 0 Å². The molecule has 106 valence electrons. The van der Waals surface area contributed by atoms with Crippen LogP contribution in [0, 0.1) is 22.7 Å². The minimum absolute atomic E-state index is 0.498. The van der Waals surface area contributed by atoms with E-state index in [0.717, 1.165) is 11.9 Å². The summed E-state index contributed by atoms with van der Waals surface area (Å²) >= 11 is 0. The predicted octanol–water partition coefficient (Wildman–Crippen LogP) is 3.57. The molecular weight excluding hydrogens is 272 g/mol. The van der Waals surface area contributed by atoms with E-state index in [0.29, 0.717) is 23.4 Å². The van der Waals surface area contributed by atoms with Gasteiger partial charge in [-0.25, -0.2) is 0 Å². The average Bonchev–Trinajstić information content (AvgIpc) is 2.98. The van der Waals surface area contributed by atoms with Crippen LogP contribution in [0.15, 0.2) is 48.7 Å². The highest BCUT2D eigenvalue weighted by Crippen LogP contribution is 2.21. The Hall–Kier alpha value is -3.24. The number of nitrogens with one attached hydrogen (secondary N) is 2. The molecule has 22 heavy (non-hydrogen) atoms. The second kappa shape index (κ2) is 6.03. The molecule has 3 rings (SSSR count). The standard InChI is InChI=1S/C18H14N4/c19-10-13-4-3-5-14(11-20)18(13)21-9-8-15-12-22-17-7-2-1-6-16(15)17/h1-7,12,21-22H,8-9H2. The molecule has 0 bridgehead atoms. The normalized spacial score (nSPS) is 10.1. The summed E-state index contributed by atoms with van der Waals surface area (Å²) in [6, 6.07) is 17.6. The second-order valence-corrected chi connectivity index (χ2v) is 4.99. The van der Waals surface area contributed by atoms with E-state index in [1.54, 1.807) is 18.2 Å². The Bertz CT molecular complexity index is 861. The van der Waals surface area contributed by atoms with E-state index in [2.05, 4.69) is 28.5 Å². The summed E-state index contributed by atoms with van der Waals surface area (Å²) in [6.07, 6.45) is 2.82. The van der Waals surface area contributed by atoms with Crippen LogP contribution >= 0.6 is 0 Å². The third kappa shape index (κ3) is 2.51. The Kier molecular flexibility index (Phi) is 3.76. The zero-order chi connectivity index (χ0) is 15.4. The van der Waals surface area contributed by atoms with E-state index in [1.165, 1.54) is 10.9 Å². The Labute approximate surface area is 128 Å². The van der Waals surface area contributed by atoms with Crippen LogP contribution in [-0.2, 0) is 6.42 Å². The van der Waals surface area contributed by atoms with Gasteiger partial charge in [0.05, 0.1) is 16.8 Å². The topological polar surface area (TPSA) is 75.4 Å². The smallest absolute Gasteiger partial charge is 0.101 e. The van der Waals surface area contributed by atoms with Crippen LogP contribution in [0.1, 0.15) is 16.7 Å². The van der Waals surface area contributed by atoms with Crippen molar-refractivity contribution in [2.45, 2.75) is 6.42 Å². The lowest BCUT2D eigenvalue weighted by atomic mass is 10.1. The summed E-state index contributed by atoms with van der Waals surface area (Å²) in [7, 11) is 0. The molecule has 4 heteroatoms. The highest BCUT2D eigenvalue weighted by atomic mass is 14.9. The summed E-state index contributed by atoms with van der Waals surface area (Å²) in [4.78, 5) is 3.25. The zero-order valence-corrected chi connectivity index (χ0v) is 11.9. The summed E-state index contributed by atoms with van der Waals surface area (Å²) < 4.78 is 0. The molecule has 4 nitrogen and oxygen atoms in total. The van der Waals surface area contributed by atoms with Gasteiger partial charge in [0, 0.05) is 23.6 Å². The van der Waals surface area contributed by atoms with Crippen molar-refractivity contribution >= 4 is 16.6 Å². The van der Waals surface area contributed by atoms with Gasteiger partial charge in [-0.15, -0.1) is 0 Å². The minimum Gasteiger partial charge on any atom is -0.383 e. The number of benzene rings is 2. The number of aromatic nitrogens is 1. The van der Waals surface area contributed by atoms with Gasteiger partial charge in [0.15, 0.2) is 0 Å². The molecular formula is C18H14N4. The Morgan fingerprint density at radius 1 is 0.955 bits per heavy atom. The highest BCUT2D eigenvalue weighted by Gasteiger charge is 2.08. The number of anilines is 1. The zero-order valence-electron chi connectivity index (χ0n) is 11.9. The molecule has 0 aliphatic rings. The van der Waals surface area contributed by atoms with Crippen LogP contribution in [0.2, 0.25) is 0 Å². The lowest BCUT2D eigenvalue weighted by Crippen LogP contribution is -2.07. The monoisotopic (exact) mass is 286 g/mol. The van der Waals surface area contributed by atoms with Gasteiger partial charge in [-0.1, -0.05) is 24.3 Å². The molecule has 2 N–H and O–H groups in total. The molecule has 3 aromatic rings. The third-order valence-electron chi connectivity index (χ3n) is 3.68. The fourth-order valence-electron chi connectivity index (χ4n) is 2.59. The number of nitrogens with zero attached hydrogens (tertiary/aromatic N) is 2. The molecule has 0 amide bonds. The predicted molar refractivity (Wildman–Crippen MR) is 86.4 cm³/mol. The van der Waals surface area contributed by atoms with Crippen LogP contribution in [0.3, 0.4) is 0 Å². The SMILES string of the molecule is N#Cc1cccc(C#N)c1NCCc1c[nH]c2ccccc12. The molecule has 0 radical (unpaired) electrons. The Morgan fingerprint density at radius 3 is 2.41 bits per heavy atom. The fourth-order valence-corrected chi connectivity index (χ4v) is 2.59. The van der Waals surface area contributed by atoms with Gasteiger partial charge in [-0.05, 0) is 30.2 Å². The molecule has 0 unspecified atom stereocenters. The van der Waals surface area contributed by atoms with Crippen molar-refractivity contribution in [3.8, 4) is 12.1 Å². The highest BCUT2D eigenvalue weighted by molar-refractivity contribution is 5.83. The number of H-pyrrole nitrogens is 1. The molecule has 0 fully saturated rings. The lowest BCUT2D eigenvalue weighted by Gasteiger charge is -2.09. The first-order chi connectivity index (χ1) is 10.8. The van der Waals surface area contributed by atoms with E-state index in [9.17, 15) is 0 Å². The lowest BCUT2D eigenvalue weighted by molar-refractivity contribution is 1.03. The first-order valence-electron chi connectivity index (χ1n) is 7.05. The first kappa shape index (κ1) is 13.7. The van der Waals surface area contributed by atoms with Crippen molar-refractivity contribution in [3.05, 3.63) is 65.4 Å². The van der Waals surface area contributed by atoms with Gasteiger partial charge in [-0.3, -0.25) is 0 Å². The van der Waals surface area contributed by atoms with Crippen LogP contribution in [0.5, 0.6) is 0 Å². The number of fused-ring (bicyclic) bond motifs is 1. The van der Waals surface area contributed by atoms with Crippen molar-refractivity contribution < 1.29 is 0 Å². The molecule has 0 aliphatic carbocycles. The molecule has 1 heterocycles. The summed E-state index contributed by atoms with van der Waals surface area (Å²) in [6.45, 7) is 0.662.